The Morgan fingerprint density at radius 1 is 0.625 bits per heavy atom. The number of ether oxygens (including phenoxy) is 5. The maximum Gasteiger partial charge on any atom is 0.314 e. The first-order valence-corrected chi connectivity index (χ1v) is 11.2. The molecule has 1 fully saturated rings. The van der Waals surface area contributed by atoms with E-state index in [2.05, 4.69) is 0 Å². The zero-order valence-corrected chi connectivity index (χ0v) is 20.4. The molecule has 0 amide bonds. The average Bonchev–Trinajstić information content (AvgIpc) is 2.86. The quantitative estimate of drug-likeness (QED) is 0.0809. The first-order chi connectivity index (χ1) is 18.7. The molecule has 1 rings (SSSR count). The van der Waals surface area contributed by atoms with E-state index in [1.165, 1.54) is 0 Å². The summed E-state index contributed by atoms with van der Waals surface area (Å²) in [7, 11) is 0. The fourth-order valence-corrected chi connectivity index (χ4v) is 2.99. The summed E-state index contributed by atoms with van der Waals surface area (Å²) in [4.78, 5) is 87.0. The lowest BCUT2D eigenvalue weighted by Gasteiger charge is -2.42. The molecule has 0 aromatic heterocycles. The summed E-state index contributed by atoms with van der Waals surface area (Å²) in [5.41, 5.74) is 0. The zero-order chi connectivity index (χ0) is 30.4. The van der Waals surface area contributed by atoms with E-state index in [1.54, 1.807) is 0 Å². The van der Waals surface area contributed by atoms with E-state index in [9.17, 15) is 64.7 Å². The van der Waals surface area contributed by atoms with Gasteiger partial charge in [0, 0.05) is 19.7 Å². The number of carbonyl (C=O) groups is 4. The number of esters is 4. The van der Waals surface area contributed by atoms with E-state index in [4.69, 9.17) is 23.7 Å². The summed E-state index contributed by atoms with van der Waals surface area (Å²) >= 11 is 0. The molecule has 0 aromatic carbocycles. The van der Waals surface area contributed by atoms with Gasteiger partial charge in [0.25, 0.3) is 0 Å². The van der Waals surface area contributed by atoms with Crippen LogP contribution in [0.2, 0.25) is 0 Å². The van der Waals surface area contributed by atoms with Gasteiger partial charge in [-0.1, -0.05) is 0 Å². The molecule has 0 bridgehead atoms. The Hall–Kier alpha value is -4.60. The maximum absolute atomic E-state index is 12.2. The van der Waals surface area contributed by atoms with Gasteiger partial charge in [-0.2, -0.15) is 0 Å². The summed E-state index contributed by atoms with van der Waals surface area (Å²) in [6, 6.07) is 0. The molecular formula is C18H24N4O18. The molecule has 0 unspecified atom stereocenters. The Balaban J connectivity index is 3.25. The van der Waals surface area contributed by atoms with Gasteiger partial charge in [-0.05, 0) is 0 Å². The van der Waals surface area contributed by atoms with Crippen LogP contribution in [-0.4, -0.2) is 112 Å². The van der Waals surface area contributed by atoms with Crippen LogP contribution in [0.5, 0.6) is 0 Å². The van der Waals surface area contributed by atoms with Gasteiger partial charge in [0.2, 0.25) is 32.5 Å². The van der Waals surface area contributed by atoms with Crippen LogP contribution in [0.3, 0.4) is 0 Å². The lowest BCUT2D eigenvalue weighted by molar-refractivity contribution is -0.479. The second-order valence-electron chi connectivity index (χ2n) is 7.84. The molecule has 5 atom stereocenters. The van der Waals surface area contributed by atoms with Crippen molar-refractivity contribution in [3.8, 4) is 0 Å². The Morgan fingerprint density at radius 3 is 1.43 bits per heavy atom. The summed E-state index contributed by atoms with van der Waals surface area (Å²) in [5, 5.41) is 52.8. The molecule has 22 nitrogen and oxygen atoms in total. The maximum atomic E-state index is 12.2. The largest absolute Gasteiger partial charge is 0.463 e. The minimum absolute atomic E-state index is 0.714. The van der Waals surface area contributed by atoms with E-state index < -0.39 is 133 Å². The van der Waals surface area contributed by atoms with Crippen LogP contribution in [0.25, 0.3) is 0 Å². The molecule has 1 aliphatic heterocycles. The minimum Gasteiger partial charge on any atom is -0.463 e. The highest BCUT2D eigenvalue weighted by atomic mass is 16.7. The van der Waals surface area contributed by atoms with Crippen LogP contribution in [0, 0.1) is 40.5 Å². The topological polar surface area (TPSA) is 307 Å². The predicted molar refractivity (Wildman–Crippen MR) is 117 cm³/mol. The van der Waals surface area contributed by atoms with Gasteiger partial charge < -0.3 is 28.8 Å². The molecule has 1 aliphatic rings. The third-order valence-corrected chi connectivity index (χ3v) is 4.80. The first-order valence-electron chi connectivity index (χ1n) is 11.2. The molecule has 0 saturated carbocycles. The van der Waals surface area contributed by atoms with Crippen molar-refractivity contribution >= 4 is 23.9 Å². The summed E-state index contributed by atoms with van der Waals surface area (Å²) in [6.07, 6.45) is -13.1. The number of aliphatic hydroxyl groups is 1. The fourth-order valence-electron chi connectivity index (χ4n) is 2.99. The molecule has 40 heavy (non-hydrogen) atoms. The van der Waals surface area contributed by atoms with Crippen LogP contribution < -0.4 is 0 Å². The monoisotopic (exact) mass is 584 g/mol. The van der Waals surface area contributed by atoms with Crippen molar-refractivity contribution in [3.05, 3.63) is 40.5 Å². The van der Waals surface area contributed by atoms with Crippen molar-refractivity contribution in [2.75, 3.05) is 32.8 Å². The van der Waals surface area contributed by atoms with Crippen molar-refractivity contribution < 1.29 is 67.7 Å². The van der Waals surface area contributed by atoms with Crippen LogP contribution in [0.1, 0.15) is 25.7 Å². The van der Waals surface area contributed by atoms with E-state index >= 15 is 0 Å². The van der Waals surface area contributed by atoms with Crippen molar-refractivity contribution in [3.63, 3.8) is 0 Å². The molecule has 0 aliphatic carbocycles. The fraction of sp³-hybridized carbons (Fsp3) is 0.778. The Bertz CT molecular complexity index is 956. The Kier molecular flexibility index (Phi) is 13.7. The highest BCUT2D eigenvalue weighted by molar-refractivity contribution is 5.71. The molecule has 0 radical (unpaired) electrons. The Morgan fingerprint density at radius 2 is 1.00 bits per heavy atom. The molecule has 0 aromatic rings. The second-order valence-corrected chi connectivity index (χ2v) is 7.84. The molecule has 1 N–H and O–H groups in total. The first kappa shape index (κ1) is 33.4. The van der Waals surface area contributed by atoms with Crippen molar-refractivity contribution in [1.82, 2.24) is 0 Å². The molecule has 1 heterocycles. The van der Waals surface area contributed by atoms with Crippen molar-refractivity contribution in [2.24, 2.45) is 0 Å². The molecule has 224 valence electrons. The number of carbonyl (C=O) groups excluding carboxylic acids is 4. The van der Waals surface area contributed by atoms with Gasteiger partial charge >= 0.3 is 23.9 Å². The molecule has 1 saturated heterocycles. The molecule has 22 heteroatoms. The highest BCUT2D eigenvalue weighted by Gasteiger charge is 2.52. The van der Waals surface area contributed by atoms with E-state index in [-0.39, 0.29) is 0 Å². The standard InChI is InChI=1S/C18H24N4O18/c23-11(1-5-19(28)29)36-9-10-16(38-12(24)2-6-20(30)31)17(39-13(25)3-7-21(32)33)15(27)18(37-10)40-14(26)4-8-22(34)35/h10,15-18,27H,1-9H2/t10-,15-,16-,17-,18+/m1/s1. The second kappa shape index (κ2) is 16.4. The molecular weight excluding hydrogens is 560 g/mol. The zero-order valence-electron chi connectivity index (χ0n) is 20.4. The normalized spacial score (nSPS) is 21.9. The number of aliphatic hydroxyl groups excluding tert-OH is 1. The third kappa shape index (κ3) is 12.8. The van der Waals surface area contributed by atoms with Gasteiger partial charge in [-0.3, -0.25) is 59.6 Å². The number of hydrogen-bond acceptors (Lipinski definition) is 18. The lowest BCUT2D eigenvalue weighted by atomic mass is 9.98. The smallest absolute Gasteiger partial charge is 0.314 e. The van der Waals surface area contributed by atoms with Crippen molar-refractivity contribution in [1.29, 1.82) is 0 Å². The van der Waals surface area contributed by atoms with Gasteiger partial charge in [-0.15, -0.1) is 0 Å². The average molecular weight is 584 g/mol. The highest BCUT2D eigenvalue weighted by Crippen LogP contribution is 2.28. The van der Waals surface area contributed by atoms with E-state index in [0.717, 1.165) is 0 Å². The van der Waals surface area contributed by atoms with Gasteiger partial charge in [-0.25, -0.2) is 0 Å². The van der Waals surface area contributed by atoms with Gasteiger partial charge in [0.05, 0.1) is 0 Å². The summed E-state index contributed by atoms with van der Waals surface area (Å²) in [6.45, 7) is -4.44. The Labute approximate surface area is 222 Å². The van der Waals surface area contributed by atoms with E-state index in [1.807, 2.05) is 0 Å². The summed E-state index contributed by atoms with van der Waals surface area (Å²) in [5.74, 6) is -5.02. The van der Waals surface area contributed by atoms with Crippen LogP contribution in [-0.2, 0) is 42.9 Å². The minimum atomic E-state index is -2.19. The number of hydrogen-bond donors (Lipinski definition) is 1. The lowest BCUT2D eigenvalue weighted by Crippen LogP contribution is -2.62. The number of nitrogens with zero attached hydrogens (tertiary/aromatic N) is 4. The van der Waals surface area contributed by atoms with Crippen LogP contribution in [0.4, 0.5) is 0 Å². The van der Waals surface area contributed by atoms with Crippen molar-refractivity contribution in [2.45, 2.75) is 56.4 Å². The third-order valence-electron chi connectivity index (χ3n) is 4.80. The summed E-state index contributed by atoms with van der Waals surface area (Å²) < 4.78 is 25.1. The SMILES string of the molecule is O=C(CC[N+](=O)[O-])OC[C@H]1O[C@@H](OC(=O)CC[N+](=O)[O-])[C@H](O)[C@@H](OC(=O)CC[N+](=O)[O-])[C@@H]1OC(=O)CC[N+](=O)[O-]. The number of nitro groups is 4. The number of rotatable bonds is 17. The molecule has 0 spiro atoms. The van der Waals surface area contributed by atoms with Crippen LogP contribution in [0.15, 0.2) is 0 Å². The predicted octanol–water partition coefficient (Wildman–Crippen LogP) is -2.35. The van der Waals surface area contributed by atoms with Gasteiger partial charge in [0.1, 0.15) is 38.4 Å². The van der Waals surface area contributed by atoms with E-state index in [0.29, 0.717) is 0 Å². The van der Waals surface area contributed by atoms with Crippen LogP contribution >= 0.6 is 0 Å². The van der Waals surface area contributed by atoms with Gasteiger partial charge in [0.15, 0.2) is 18.3 Å².